The molecule has 16 heavy (non-hydrogen) atoms. The Balaban J connectivity index is 0.00000128. The van der Waals surface area contributed by atoms with Crippen LogP contribution in [-0.4, -0.2) is 36.5 Å². The van der Waals surface area contributed by atoms with Crippen molar-refractivity contribution in [1.29, 1.82) is 0 Å². The van der Waals surface area contributed by atoms with Gasteiger partial charge in [-0.3, -0.25) is 4.79 Å². The molecular formula is C12H23ClN2O. The quantitative estimate of drug-likeness (QED) is 0.819. The highest BCUT2D eigenvalue weighted by molar-refractivity contribution is 5.85. The number of hydrogen-bond acceptors (Lipinski definition) is 2. The van der Waals surface area contributed by atoms with Crippen LogP contribution in [0.4, 0.5) is 0 Å². The minimum atomic E-state index is 0. The average Bonchev–Trinajstić information content (AvgIpc) is 2.96. The highest BCUT2D eigenvalue weighted by atomic mass is 35.5. The van der Waals surface area contributed by atoms with E-state index in [2.05, 4.69) is 19.2 Å². The molecule has 0 aromatic heterocycles. The molecule has 1 saturated heterocycles. The molecule has 94 valence electrons. The number of carbonyl (C=O) groups is 1. The van der Waals surface area contributed by atoms with Crippen molar-refractivity contribution >= 4 is 18.3 Å². The summed E-state index contributed by atoms with van der Waals surface area (Å²) >= 11 is 0. The monoisotopic (exact) mass is 246 g/mol. The van der Waals surface area contributed by atoms with Gasteiger partial charge in [0.05, 0.1) is 6.54 Å². The predicted molar refractivity (Wildman–Crippen MR) is 67.8 cm³/mol. The number of likely N-dealkylation sites (tertiary alicyclic amines) is 1. The zero-order valence-electron chi connectivity index (χ0n) is 10.2. The Morgan fingerprint density at radius 3 is 2.50 bits per heavy atom. The standard InChI is InChI=1S/C12H22N2O.ClH/c1-9-5-6-14(10(9)2)12(15)8-13-7-11-3-4-11;/h9-11,13H,3-8H2,1-2H3;1H. The van der Waals surface area contributed by atoms with Gasteiger partial charge in [-0.25, -0.2) is 0 Å². The molecule has 1 aliphatic carbocycles. The summed E-state index contributed by atoms with van der Waals surface area (Å²) in [6, 6.07) is 0.431. The maximum atomic E-state index is 11.9. The molecule has 1 heterocycles. The molecule has 1 amide bonds. The van der Waals surface area contributed by atoms with Crippen molar-refractivity contribution in [2.45, 2.75) is 39.2 Å². The van der Waals surface area contributed by atoms with Gasteiger partial charge in [-0.1, -0.05) is 6.92 Å². The van der Waals surface area contributed by atoms with Gasteiger partial charge in [0.1, 0.15) is 0 Å². The second kappa shape index (κ2) is 5.87. The number of amides is 1. The molecule has 0 radical (unpaired) electrons. The van der Waals surface area contributed by atoms with Gasteiger partial charge in [-0.15, -0.1) is 12.4 Å². The van der Waals surface area contributed by atoms with Crippen molar-refractivity contribution in [1.82, 2.24) is 10.2 Å². The molecule has 2 atom stereocenters. The number of carbonyl (C=O) groups excluding carboxylic acids is 1. The van der Waals surface area contributed by atoms with E-state index < -0.39 is 0 Å². The fraction of sp³-hybridized carbons (Fsp3) is 0.917. The molecule has 2 fully saturated rings. The second-order valence-corrected chi connectivity index (χ2v) is 5.17. The third-order valence-electron chi connectivity index (χ3n) is 3.87. The van der Waals surface area contributed by atoms with E-state index in [1.54, 1.807) is 0 Å². The minimum absolute atomic E-state index is 0. The zero-order valence-corrected chi connectivity index (χ0v) is 11.1. The number of hydrogen-bond donors (Lipinski definition) is 1. The SMILES string of the molecule is CC1CCN(C(=O)CNCC2CC2)C1C.Cl. The van der Waals surface area contributed by atoms with Gasteiger partial charge < -0.3 is 10.2 Å². The van der Waals surface area contributed by atoms with Crippen LogP contribution >= 0.6 is 12.4 Å². The highest BCUT2D eigenvalue weighted by Crippen LogP contribution is 2.27. The molecule has 1 saturated carbocycles. The van der Waals surface area contributed by atoms with E-state index in [0.717, 1.165) is 25.4 Å². The van der Waals surface area contributed by atoms with Crippen LogP contribution < -0.4 is 5.32 Å². The van der Waals surface area contributed by atoms with Crippen molar-refractivity contribution < 1.29 is 4.79 Å². The molecule has 1 N–H and O–H groups in total. The number of nitrogens with one attached hydrogen (secondary N) is 1. The lowest BCUT2D eigenvalue weighted by atomic mass is 10.1. The Bertz CT molecular complexity index is 243. The molecule has 3 nitrogen and oxygen atoms in total. The minimum Gasteiger partial charge on any atom is -0.339 e. The smallest absolute Gasteiger partial charge is 0.236 e. The number of nitrogens with zero attached hydrogens (tertiary/aromatic N) is 1. The molecule has 0 bridgehead atoms. The van der Waals surface area contributed by atoms with Crippen molar-refractivity contribution in [3.63, 3.8) is 0 Å². The molecule has 2 rings (SSSR count). The average molecular weight is 247 g/mol. The second-order valence-electron chi connectivity index (χ2n) is 5.17. The first-order valence-corrected chi connectivity index (χ1v) is 6.18. The Morgan fingerprint density at radius 2 is 2.00 bits per heavy atom. The summed E-state index contributed by atoms with van der Waals surface area (Å²) in [5.41, 5.74) is 0. The summed E-state index contributed by atoms with van der Waals surface area (Å²) in [5.74, 6) is 1.80. The van der Waals surface area contributed by atoms with E-state index in [-0.39, 0.29) is 18.3 Å². The van der Waals surface area contributed by atoms with Crippen LogP contribution in [0.2, 0.25) is 0 Å². The Labute approximate surface area is 104 Å². The van der Waals surface area contributed by atoms with Gasteiger partial charge in [0.15, 0.2) is 0 Å². The van der Waals surface area contributed by atoms with Gasteiger partial charge in [0.25, 0.3) is 0 Å². The van der Waals surface area contributed by atoms with Crippen LogP contribution in [0, 0.1) is 11.8 Å². The molecule has 0 spiro atoms. The van der Waals surface area contributed by atoms with E-state index in [9.17, 15) is 4.79 Å². The lowest BCUT2D eigenvalue weighted by Gasteiger charge is -2.23. The molecule has 2 unspecified atom stereocenters. The lowest BCUT2D eigenvalue weighted by Crippen LogP contribution is -2.41. The van der Waals surface area contributed by atoms with Gasteiger partial charge in [-0.05, 0) is 44.6 Å². The molecule has 1 aliphatic heterocycles. The maximum Gasteiger partial charge on any atom is 0.236 e. The molecule has 0 aromatic rings. The Hall–Kier alpha value is -0.280. The van der Waals surface area contributed by atoms with Crippen LogP contribution in [0.5, 0.6) is 0 Å². The molecule has 0 aromatic carbocycles. The summed E-state index contributed by atoms with van der Waals surface area (Å²) in [6.07, 6.45) is 3.85. The van der Waals surface area contributed by atoms with Crippen molar-refractivity contribution in [3.05, 3.63) is 0 Å². The van der Waals surface area contributed by atoms with Crippen molar-refractivity contribution in [2.75, 3.05) is 19.6 Å². The third-order valence-corrected chi connectivity index (χ3v) is 3.87. The van der Waals surface area contributed by atoms with Crippen LogP contribution in [0.1, 0.15) is 33.1 Å². The maximum absolute atomic E-state index is 11.9. The highest BCUT2D eigenvalue weighted by Gasteiger charge is 2.30. The Kier molecular flexibility index (Phi) is 5.06. The molecule has 4 heteroatoms. The van der Waals surface area contributed by atoms with Crippen molar-refractivity contribution in [3.8, 4) is 0 Å². The topological polar surface area (TPSA) is 32.3 Å². The van der Waals surface area contributed by atoms with E-state index in [1.807, 2.05) is 4.90 Å². The predicted octanol–water partition coefficient (Wildman–Crippen LogP) is 1.66. The van der Waals surface area contributed by atoms with E-state index in [1.165, 1.54) is 12.8 Å². The van der Waals surface area contributed by atoms with Gasteiger partial charge in [0.2, 0.25) is 5.91 Å². The van der Waals surface area contributed by atoms with Gasteiger partial charge in [-0.2, -0.15) is 0 Å². The van der Waals surface area contributed by atoms with Crippen LogP contribution in [0.3, 0.4) is 0 Å². The summed E-state index contributed by atoms with van der Waals surface area (Å²) in [7, 11) is 0. The number of rotatable bonds is 4. The zero-order chi connectivity index (χ0) is 10.8. The summed E-state index contributed by atoms with van der Waals surface area (Å²) in [4.78, 5) is 13.9. The number of halogens is 1. The molecule has 2 aliphatic rings. The largest absolute Gasteiger partial charge is 0.339 e. The lowest BCUT2D eigenvalue weighted by molar-refractivity contribution is -0.131. The summed E-state index contributed by atoms with van der Waals surface area (Å²) in [5, 5.41) is 3.27. The Morgan fingerprint density at radius 1 is 1.31 bits per heavy atom. The third kappa shape index (κ3) is 3.36. The van der Waals surface area contributed by atoms with Gasteiger partial charge in [0, 0.05) is 12.6 Å². The first-order valence-electron chi connectivity index (χ1n) is 6.18. The molecular weight excluding hydrogens is 224 g/mol. The first-order chi connectivity index (χ1) is 7.18. The van der Waals surface area contributed by atoms with E-state index in [4.69, 9.17) is 0 Å². The van der Waals surface area contributed by atoms with E-state index in [0.29, 0.717) is 18.5 Å². The van der Waals surface area contributed by atoms with Crippen LogP contribution in [0.25, 0.3) is 0 Å². The first kappa shape index (κ1) is 13.8. The van der Waals surface area contributed by atoms with Gasteiger partial charge >= 0.3 is 0 Å². The fourth-order valence-corrected chi connectivity index (χ4v) is 2.25. The van der Waals surface area contributed by atoms with Crippen LogP contribution in [0.15, 0.2) is 0 Å². The summed E-state index contributed by atoms with van der Waals surface area (Å²) in [6.45, 7) is 6.91. The van der Waals surface area contributed by atoms with Crippen LogP contribution in [-0.2, 0) is 4.79 Å². The van der Waals surface area contributed by atoms with E-state index >= 15 is 0 Å². The normalized spacial score (nSPS) is 29.0. The summed E-state index contributed by atoms with van der Waals surface area (Å²) < 4.78 is 0. The fourth-order valence-electron chi connectivity index (χ4n) is 2.25. The van der Waals surface area contributed by atoms with Crippen molar-refractivity contribution in [2.24, 2.45) is 11.8 Å².